The van der Waals surface area contributed by atoms with Crippen LogP contribution in [-0.2, 0) is 4.74 Å². The smallest absolute Gasteiger partial charge is 0.116 e. The molecule has 3 nitrogen and oxygen atoms in total. The lowest BCUT2D eigenvalue weighted by atomic mass is 10.3. The summed E-state index contributed by atoms with van der Waals surface area (Å²) in [6.07, 6.45) is 4.90. The predicted molar refractivity (Wildman–Crippen MR) is 64.4 cm³/mol. The molecule has 14 heavy (non-hydrogen) atoms. The van der Waals surface area contributed by atoms with Crippen LogP contribution in [0.25, 0.3) is 0 Å². The molecule has 0 radical (unpaired) electrons. The van der Waals surface area contributed by atoms with E-state index < -0.39 is 0 Å². The lowest BCUT2D eigenvalue weighted by Gasteiger charge is -2.12. The summed E-state index contributed by atoms with van der Waals surface area (Å²) in [5.41, 5.74) is 0. The second-order valence-corrected chi connectivity index (χ2v) is 5.59. The molecule has 1 aliphatic rings. The number of halogens is 1. The van der Waals surface area contributed by atoms with Crippen molar-refractivity contribution >= 4 is 34.4 Å². The van der Waals surface area contributed by atoms with E-state index in [-0.39, 0.29) is 0 Å². The van der Waals surface area contributed by atoms with E-state index >= 15 is 0 Å². The summed E-state index contributed by atoms with van der Waals surface area (Å²) in [7, 11) is 0. The van der Waals surface area contributed by atoms with Crippen molar-refractivity contribution in [2.24, 2.45) is 0 Å². The number of hydrogen-bond donors (Lipinski definition) is 0. The van der Waals surface area contributed by atoms with E-state index in [9.17, 15) is 0 Å². The van der Waals surface area contributed by atoms with Crippen molar-refractivity contribution in [3.63, 3.8) is 0 Å². The van der Waals surface area contributed by atoms with E-state index in [4.69, 9.17) is 4.74 Å². The van der Waals surface area contributed by atoms with Crippen LogP contribution in [0.3, 0.4) is 0 Å². The minimum atomic E-state index is 0.339. The highest BCUT2D eigenvalue weighted by atomic mass is 127. The van der Waals surface area contributed by atoms with Gasteiger partial charge < -0.3 is 4.74 Å². The van der Waals surface area contributed by atoms with Gasteiger partial charge in [-0.15, -0.1) is 0 Å². The summed E-state index contributed by atoms with van der Waals surface area (Å²) in [6.45, 7) is 3.00. The van der Waals surface area contributed by atoms with Gasteiger partial charge in [0, 0.05) is 18.1 Å². The SMILES string of the molecule is CC1OCCC1Sc1ncncc1I. The molecule has 2 unspecified atom stereocenters. The van der Waals surface area contributed by atoms with Gasteiger partial charge in [-0.25, -0.2) is 9.97 Å². The summed E-state index contributed by atoms with van der Waals surface area (Å²) >= 11 is 4.07. The van der Waals surface area contributed by atoms with Crippen LogP contribution in [-0.4, -0.2) is 27.9 Å². The van der Waals surface area contributed by atoms with Crippen LogP contribution in [0.15, 0.2) is 17.6 Å². The van der Waals surface area contributed by atoms with Gasteiger partial charge in [0.15, 0.2) is 0 Å². The third-order valence-corrected chi connectivity index (χ3v) is 4.83. The zero-order chi connectivity index (χ0) is 9.97. The van der Waals surface area contributed by atoms with Crippen LogP contribution in [0.5, 0.6) is 0 Å². The van der Waals surface area contributed by atoms with Gasteiger partial charge in [-0.1, -0.05) is 11.8 Å². The van der Waals surface area contributed by atoms with E-state index in [0.717, 1.165) is 21.6 Å². The molecule has 1 aliphatic heterocycles. The molecule has 1 aromatic rings. The molecule has 1 saturated heterocycles. The highest BCUT2D eigenvalue weighted by Crippen LogP contribution is 2.33. The first-order chi connectivity index (χ1) is 6.77. The molecule has 0 bridgehead atoms. The second-order valence-electron chi connectivity index (χ2n) is 3.20. The Balaban J connectivity index is 2.07. The number of hydrogen-bond acceptors (Lipinski definition) is 4. The molecular formula is C9H11IN2OS. The zero-order valence-corrected chi connectivity index (χ0v) is 10.8. The molecule has 0 amide bonds. The molecule has 1 aromatic heterocycles. The van der Waals surface area contributed by atoms with Crippen molar-refractivity contribution in [3.05, 3.63) is 16.1 Å². The highest BCUT2D eigenvalue weighted by molar-refractivity contribution is 14.1. The van der Waals surface area contributed by atoms with E-state index in [1.54, 1.807) is 18.1 Å². The van der Waals surface area contributed by atoms with Gasteiger partial charge >= 0.3 is 0 Å². The number of ether oxygens (including phenoxy) is 1. The molecule has 0 aromatic carbocycles. The largest absolute Gasteiger partial charge is 0.377 e. The van der Waals surface area contributed by atoms with Crippen molar-refractivity contribution in [2.45, 2.75) is 29.7 Å². The van der Waals surface area contributed by atoms with Crippen molar-refractivity contribution in [2.75, 3.05) is 6.61 Å². The second kappa shape index (κ2) is 4.76. The van der Waals surface area contributed by atoms with Crippen LogP contribution in [0.2, 0.25) is 0 Å². The van der Waals surface area contributed by atoms with Crippen molar-refractivity contribution in [1.82, 2.24) is 9.97 Å². The molecule has 2 atom stereocenters. The summed E-state index contributed by atoms with van der Waals surface area (Å²) < 4.78 is 6.63. The third kappa shape index (κ3) is 2.38. The Labute approximate surface area is 101 Å². The van der Waals surface area contributed by atoms with Gasteiger partial charge in [0.1, 0.15) is 11.4 Å². The van der Waals surface area contributed by atoms with Gasteiger partial charge in [-0.3, -0.25) is 0 Å². The fraction of sp³-hybridized carbons (Fsp3) is 0.556. The Kier molecular flexibility index (Phi) is 3.62. The van der Waals surface area contributed by atoms with Gasteiger partial charge in [-0.05, 0) is 35.9 Å². The van der Waals surface area contributed by atoms with Crippen LogP contribution in [0, 0.1) is 3.57 Å². The number of thioether (sulfide) groups is 1. The fourth-order valence-corrected chi connectivity index (χ4v) is 3.12. The molecule has 2 rings (SSSR count). The fourth-order valence-electron chi connectivity index (χ4n) is 1.40. The molecular weight excluding hydrogens is 311 g/mol. The number of nitrogens with zero attached hydrogens (tertiary/aromatic N) is 2. The molecule has 2 heterocycles. The average molecular weight is 322 g/mol. The molecule has 0 aliphatic carbocycles. The Bertz CT molecular complexity index is 323. The van der Waals surface area contributed by atoms with Crippen LogP contribution < -0.4 is 0 Å². The number of aromatic nitrogens is 2. The molecule has 76 valence electrons. The Morgan fingerprint density at radius 1 is 1.64 bits per heavy atom. The zero-order valence-electron chi connectivity index (χ0n) is 7.81. The Morgan fingerprint density at radius 2 is 2.50 bits per heavy atom. The summed E-state index contributed by atoms with van der Waals surface area (Å²) in [6, 6.07) is 0. The van der Waals surface area contributed by atoms with E-state index in [1.165, 1.54) is 0 Å². The normalized spacial score (nSPS) is 26.7. The topological polar surface area (TPSA) is 35.0 Å². The first-order valence-corrected chi connectivity index (χ1v) is 6.47. The Hall–Kier alpha value is 0.120. The Morgan fingerprint density at radius 3 is 3.14 bits per heavy atom. The first-order valence-electron chi connectivity index (χ1n) is 4.51. The monoisotopic (exact) mass is 322 g/mol. The van der Waals surface area contributed by atoms with Gasteiger partial charge in [0.25, 0.3) is 0 Å². The molecule has 0 spiro atoms. The maximum absolute atomic E-state index is 5.51. The summed E-state index contributed by atoms with van der Waals surface area (Å²) in [4.78, 5) is 8.24. The number of rotatable bonds is 2. The van der Waals surface area contributed by atoms with Gasteiger partial charge in [0.2, 0.25) is 0 Å². The van der Waals surface area contributed by atoms with Crippen LogP contribution in [0.1, 0.15) is 13.3 Å². The minimum Gasteiger partial charge on any atom is -0.377 e. The van der Waals surface area contributed by atoms with E-state index in [1.807, 2.05) is 6.20 Å². The lowest BCUT2D eigenvalue weighted by molar-refractivity contribution is 0.127. The molecule has 0 N–H and O–H groups in total. The average Bonchev–Trinajstić information content (AvgIpc) is 2.56. The van der Waals surface area contributed by atoms with Crippen molar-refractivity contribution < 1.29 is 4.74 Å². The van der Waals surface area contributed by atoms with Crippen LogP contribution >= 0.6 is 34.4 Å². The van der Waals surface area contributed by atoms with E-state index in [2.05, 4.69) is 39.5 Å². The third-order valence-electron chi connectivity index (χ3n) is 2.20. The predicted octanol–water partition coefficient (Wildman–Crippen LogP) is 2.35. The summed E-state index contributed by atoms with van der Waals surface area (Å²) in [5, 5.41) is 1.61. The maximum atomic E-state index is 5.51. The minimum absolute atomic E-state index is 0.339. The summed E-state index contributed by atoms with van der Waals surface area (Å²) in [5.74, 6) is 0. The lowest BCUT2D eigenvalue weighted by Crippen LogP contribution is -2.13. The quantitative estimate of drug-likeness (QED) is 0.618. The standard InChI is InChI=1S/C9H11IN2OS/c1-6-8(2-3-13-6)14-9-7(10)4-11-5-12-9/h4-6,8H,2-3H2,1H3. The van der Waals surface area contributed by atoms with Gasteiger partial charge in [0.05, 0.1) is 9.67 Å². The molecule has 1 fully saturated rings. The highest BCUT2D eigenvalue weighted by Gasteiger charge is 2.26. The van der Waals surface area contributed by atoms with Crippen LogP contribution in [0.4, 0.5) is 0 Å². The van der Waals surface area contributed by atoms with Gasteiger partial charge in [-0.2, -0.15) is 0 Å². The van der Waals surface area contributed by atoms with E-state index in [0.29, 0.717) is 11.4 Å². The molecule has 0 saturated carbocycles. The maximum Gasteiger partial charge on any atom is 0.116 e. The van der Waals surface area contributed by atoms with Crippen molar-refractivity contribution in [3.8, 4) is 0 Å². The first kappa shape index (κ1) is 10.6. The van der Waals surface area contributed by atoms with Crippen molar-refractivity contribution in [1.29, 1.82) is 0 Å². The molecule has 5 heteroatoms.